The highest BCUT2D eigenvalue weighted by Crippen LogP contribution is 2.40. The molecule has 0 saturated heterocycles. The lowest BCUT2D eigenvalue weighted by Gasteiger charge is -2.27. The largest absolute Gasteiger partial charge is 0.508 e. The van der Waals surface area contributed by atoms with E-state index >= 15 is 0 Å². The van der Waals surface area contributed by atoms with Crippen molar-refractivity contribution in [2.75, 3.05) is 0 Å². The van der Waals surface area contributed by atoms with Crippen molar-refractivity contribution in [3.05, 3.63) is 23.8 Å². The Morgan fingerprint density at radius 2 is 1.88 bits per heavy atom. The summed E-state index contributed by atoms with van der Waals surface area (Å²) in [5.74, 6) is 1.18. The number of phenolic OH excluding ortho intramolecular Hbond substituents is 2. The van der Waals surface area contributed by atoms with Crippen LogP contribution in [0.2, 0.25) is 0 Å². The minimum atomic E-state index is 0.101. The summed E-state index contributed by atoms with van der Waals surface area (Å²) in [7, 11) is 0. The van der Waals surface area contributed by atoms with Gasteiger partial charge in [0.25, 0.3) is 0 Å². The fourth-order valence-corrected chi connectivity index (χ4v) is 2.68. The maximum atomic E-state index is 9.80. The number of nitrogens with zero attached hydrogens (tertiary/aromatic N) is 1. The molecule has 1 aromatic rings. The van der Waals surface area contributed by atoms with E-state index in [2.05, 4.69) is 6.07 Å². The van der Waals surface area contributed by atoms with Gasteiger partial charge in [-0.1, -0.05) is 6.07 Å². The Bertz CT molecular complexity index is 428. The molecule has 0 atom stereocenters. The molecule has 1 fully saturated rings. The zero-order valence-corrected chi connectivity index (χ0v) is 9.76. The second-order valence-electron chi connectivity index (χ2n) is 4.82. The number of nitriles is 1. The van der Waals surface area contributed by atoms with E-state index in [1.807, 2.05) is 0 Å². The van der Waals surface area contributed by atoms with Gasteiger partial charge in [-0.15, -0.1) is 0 Å². The molecule has 0 amide bonds. The quantitative estimate of drug-likeness (QED) is 0.820. The maximum Gasteiger partial charge on any atom is 0.122 e. The lowest BCUT2D eigenvalue weighted by Crippen LogP contribution is -2.13. The van der Waals surface area contributed by atoms with Gasteiger partial charge in [-0.25, -0.2) is 0 Å². The molecule has 1 aliphatic rings. The average molecular weight is 231 g/mol. The molecule has 1 saturated carbocycles. The molecule has 0 unspecified atom stereocenters. The first-order valence-electron chi connectivity index (χ1n) is 6.09. The second-order valence-corrected chi connectivity index (χ2v) is 4.82. The van der Waals surface area contributed by atoms with Crippen LogP contribution in [0.4, 0.5) is 0 Å². The lowest BCUT2D eigenvalue weighted by atomic mass is 9.77. The van der Waals surface area contributed by atoms with Gasteiger partial charge in [0, 0.05) is 12.5 Å². The van der Waals surface area contributed by atoms with Crippen LogP contribution in [0.1, 0.15) is 43.6 Å². The second kappa shape index (κ2) is 5.09. The molecule has 3 nitrogen and oxygen atoms in total. The van der Waals surface area contributed by atoms with Crippen LogP contribution in [0, 0.1) is 17.2 Å². The highest BCUT2D eigenvalue weighted by atomic mass is 16.3. The molecular formula is C14H17NO2. The van der Waals surface area contributed by atoms with E-state index in [0.717, 1.165) is 31.2 Å². The summed E-state index contributed by atoms with van der Waals surface area (Å²) in [6.45, 7) is 0. The molecule has 1 aromatic carbocycles. The minimum Gasteiger partial charge on any atom is -0.508 e. The maximum absolute atomic E-state index is 9.80. The molecule has 0 spiro atoms. The van der Waals surface area contributed by atoms with Crippen molar-refractivity contribution >= 4 is 0 Å². The molecule has 1 aliphatic carbocycles. The van der Waals surface area contributed by atoms with Crippen molar-refractivity contribution in [2.45, 2.75) is 38.0 Å². The molecule has 2 N–H and O–H groups in total. The first kappa shape index (κ1) is 11.8. The molecular weight excluding hydrogens is 214 g/mol. The average Bonchev–Trinajstić information content (AvgIpc) is 2.31. The molecule has 3 heteroatoms. The van der Waals surface area contributed by atoms with Crippen LogP contribution < -0.4 is 0 Å². The highest BCUT2D eigenvalue weighted by Gasteiger charge is 2.23. The molecule has 2 rings (SSSR count). The SMILES string of the molecule is N#CC[C@H]1CC[C@H](c2ccc(O)cc2O)CC1. The van der Waals surface area contributed by atoms with Crippen molar-refractivity contribution in [1.29, 1.82) is 5.26 Å². The highest BCUT2D eigenvalue weighted by molar-refractivity contribution is 5.41. The van der Waals surface area contributed by atoms with Crippen molar-refractivity contribution in [3.8, 4) is 17.6 Å². The molecule has 0 aromatic heterocycles. The fraction of sp³-hybridized carbons (Fsp3) is 0.500. The number of aromatic hydroxyl groups is 2. The van der Waals surface area contributed by atoms with Crippen LogP contribution in [-0.4, -0.2) is 10.2 Å². The Morgan fingerprint density at radius 1 is 1.18 bits per heavy atom. The molecule has 0 radical (unpaired) electrons. The fourth-order valence-electron chi connectivity index (χ4n) is 2.68. The van der Waals surface area contributed by atoms with Crippen LogP contribution >= 0.6 is 0 Å². The summed E-state index contributed by atoms with van der Waals surface area (Å²) in [5, 5.41) is 27.7. The van der Waals surface area contributed by atoms with E-state index in [9.17, 15) is 10.2 Å². The Kier molecular flexibility index (Phi) is 3.53. The van der Waals surface area contributed by atoms with Crippen LogP contribution in [0.15, 0.2) is 18.2 Å². The smallest absolute Gasteiger partial charge is 0.122 e. The van der Waals surface area contributed by atoms with Crippen molar-refractivity contribution in [1.82, 2.24) is 0 Å². The Balaban J connectivity index is 2.03. The van der Waals surface area contributed by atoms with E-state index in [0.29, 0.717) is 18.3 Å². The zero-order chi connectivity index (χ0) is 12.3. The van der Waals surface area contributed by atoms with Gasteiger partial charge >= 0.3 is 0 Å². The van der Waals surface area contributed by atoms with E-state index in [-0.39, 0.29) is 11.5 Å². The monoisotopic (exact) mass is 231 g/mol. The van der Waals surface area contributed by atoms with Gasteiger partial charge in [-0.3, -0.25) is 0 Å². The van der Waals surface area contributed by atoms with E-state index < -0.39 is 0 Å². The van der Waals surface area contributed by atoms with Gasteiger partial charge in [0.05, 0.1) is 6.07 Å². The van der Waals surface area contributed by atoms with Crippen LogP contribution in [0.3, 0.4) is 0 Å². The van der Waals surface area contributed by atoms with Crippen molar-refractivity contribution in [3.63, 3.8) is 0 Å². The first-order valence-corrected chi connectivity index (χ1v) is 6.09. The third-order valence-electron chi connectivity index (χ3n) is 3.68. The lowest BCUT2D eigenvalue weighted by molar-refractivity contribution is 0.324. The normalized spacial score (nSPS) is 24.2. The van der Waals surface area contributed by atoms with E-state index in [4.69, 9.17) is 5.26 Å². The summed E-state index contributed by atoms with van der Waals surface area (Å²) >= 11 is 0. The summed E-state index contributed by atoms with van der Waals surface area (Å²) in [6.07, 6.45) is 4.79. The van der Waals surface area contributed by atoms with Crippen LogP contribution in [0.25, 0.3) is 0 Å². The zero-order valence-electron chi connectivity index (χ0n) is 9.76. The van der Waals surface area contributed by atoms with E-state index in [1.54, 1.807) is 12.1 Å². The Labute approximate surface area is 101 Å². The van der Waals surface area contributed by atoms with Crippen LogP contribution in [-0.2, 0) is 0 Å². The minimum absolute atomic E-state index is 0.101. The summed E-state index contributed by atoms with van der Waals surface area (Å²) < 4.78 is 0. The number of hydrogen-bond donors (Lipinski definition) is 2. The number of benzene rings is 1. The third kappa shape index (κ3) is 2.71. The molecule has 0 aliphatic heterocycles. The van der Waals surface area contributed by atoms with Gasteiger partial charge in [0.1, 0.15) is 11.5 Å². The van der Waals surface area contributed by atoms with Crippen molar-refractivity contribution < 1.29 is 10.2 Å². The Morgan fingerprint density at radius 3 is 2.47 bits per heavy atom. The topological polar surface area (TPSA) is 64.2 Å². The third-order valence-corrected chi connectivity index (χ3v) is 3.68. The number of rotatable bonds is 2. The van der Waals surface area contributed by atoms with Crippen molar-refractivity contribution in [2.24, 2.45) is 5.92 Å². The van der Waals surface area contributed by atoms with E-state index in [1.165, 1.54) is 6.07 Å². The summed E-state index contributed by atoms with van der Waals surface area (Å²) in [4.78, 5) is 0. The molecule has 17 heavy (non-hydrogen) atoms. The van der Waals surface area contributed by atoms with Crippen LogP contribution in [0.5, 0.6) is 11.5 Å². The predicted molar refractivity (Wildman–Crippen MR) is 64.7 cm³/mol. The molecule has 0 heterocycles. The number of hydrogen-bond acceptors (Lipinski definition) is 3. The number of phenols is 2. The predicted octanol–water partition coefficient (Wildman–Crippen LogP) is 3.29. The summed E-state index contributed by atoms with van der Waals surface area (Å²) in [5.41, 5.74) is 0.929. The first-order chi connectivity index (χ1) is 8.20. The van der Waals surface area contributed by atoms with Gasteiger partial charge in [-0.05, 0) is 49.1 Å². The van der Waals surface area contributed by atoms with Gasteiger partial charge in [-0.2, -0.15) is 5.26 Å². The van der Waals surface area contributed by atoms with Gasteiger partial charge < -0.3 is 10.2 Å². The Hall–Kier alpha value is -1.69. The standard InChI is InChI=1S/C14H17NO2/c15-8-7-10-1-3-11(4-2-10)13-6-5-12(16)9-14(13)17/h5-6,9-11,16-17H,1-4,7H2/t10-,11-. The summed E-state index contributed by atoms with van der Waals surface area (Å²) in [6, 6.07) is 7.05. The molecule has 0 bridgehead atoms. The molecule has 90 valence electrons. The van der Waals surface area contributed by atoms with Gasteiger partial charge in [0.2, 0.25) is 0 Å². The van der Waals surface area contributed by atoms with Gasteiger partial charge in [0.15, 0.2) is 0 Å².